The van der Waals surface area contributed by atoms with Crippen molar-refractivity contribution in [3.63, 3.8) is 0 Å². The van der Waals surface area contributed by atoms with E-state index in [0.717, 1.165) is 11.1 Å². The van der Waals surface area contributed by atoms with Crippen molar-refractivity contribution in [2.45, 2.75) is 39.4 Å². The van der Waals surface area contributed by atoms with Gasteiger partial charge in [-0.05, 0) is 29.9 Å². The van der Waals surface area contributed by atoms with E-state index in [9.17, 15) is 9.90 Å². The number of hydrazine groups is 1. The minimum Gasteiger partial charge on any atom is -0.444 e. The molecule has 0 aliphatic heterocycles. The lowest BCUT2D eigenvalue weighted by Crippen LogP contribution is -2.45. The van der Waals surface area contributed by atoms with Crippen LogP contribution in [0.2, 0.25) is 0 Å². The predicted molar refractivity (Wildman–Crippen MR) is 107 cm³/mol. The first-order chi connectivity index (χ1) is 13.0. The summed E-state index contributed by atoms with van der Waals surface area (Å²) in [7, 11) is 0. The number of nitrogens with zero attached hydrogens (tertiary/aromatic N) is 1. The summed E-state index contributed by atoms with van der Waals surface area (Å²) in [5, 5.41) is 12.1. The van der Waals surface area contributed by atoms with Gasteiger partial charge in [-0.25, -0.2) is 9.80 Å². The van der Waals surface area contributed by atoms with E-state index in [4.69, 9.17) is 4.74 Å². The van der Waals surface area contributed by atoms with Gasteiger partial charge in [0.25, 0.3) is 0 Å². The maximum Gasteiger partial charge on any atom is 0.422 e. The summed E-state index contributed by atoms with van der Waals surface area (Å²) in [6.45, 7) is 5.67. The number of aliphatic hydroxyl groups excluding tert-OH is 1. The van der Waals surface area contributed by atoms with Gasteiger partial charge >= 0.3 is 6.09 Å². The molecule has 2 rings (SSSR count). The predicted octanol–water partition coefficient (Wildman–Crippen LogP) is 3.78. The van der Waals surface area contributed by atoms with Crippen LogP contribution in [0.15, 0.2) is 60.7 Å². The Morgan fingerprint density at radius 1 is 1.04 bits per heavy atom. The molecule has 5 nitrogen and oxygen atoms in total. The van der Waals surface area contributed by atoms with Crippen molar-refractivity contribution in [1.29, 1.82) is 0 Å². The third-order valence-electron chi connectivity index (χ3n) is 4.09. The smallest absolute Gasteiger partial charge is 0.422 e. The van der Waals surface area contributed by atoms with Crippen LogP contribution in [-0.2, 0) is 17.8 Å². The monoisotopic (exact) mass is 370 g/mol. The van der Waals surface area contributed by atoms with Crippen LogP contribution in [0, 0.1) is 5.92 Å². The van der Waals surface area contributed by atoms with Crippen molar-refractivity contribution in [3.8, 4) is 0 Å². The average Bonchev–Trinajstić information content (AvgIpc) is 2.66. The SMILES string of the molecule is CC(C)CN(CC[C@@H](O)Cc1ccccc1)NC(=O)OCc1ccccc1. The van der Waals surface area contributed by atoms with E-state index in [-0.39, 0.29) is 6.61 Å². The highest BCUT2D eigenvalue weighted by Gasteiger charge is 2.14. The molecule has 0 fully saturated rings. The Kier molecular flexibility index (Phi) is 8.81. The summed E-state index contributed by atoms with van der Waals surface area (Å²) in [5.41, 5.74) is 4.85. The summed E-state index contributed by atoms with van der Waals surface area (Å²) in [6, 6.07) is 19.5. The molecule has 1 amide bonds. The maximum absolute atomic E-state index is 12.1. The second-order valence-corrected chi connectivity index (χ2v) is 7.15. The lowest BCUT2D eigenvalue weighted by molar-refractivity contribution is 0.0801. The highest BCUT2D eigenvalue weighted by atomic mass is 16.6. The normalized spacial score (nSPS) is 12.2. The summed E-state index contributed by atoms with van der Waals surface area (Å²) >= 11 is 0. The number of aliphatic hydroxyl groups is 1. The molecule has 0 unspecified atom stereocenters. The molecule has 1 atom stereocenters. The molecule has 0 aliphatic carbocycles. The Morgan fingerprint density at radius 2 is 1.63 bits per heavy atom. The minimum absolute atomic E-state index is 0.235. The first-order valence-electron chi connectivity index (χ1n) is 9.47. The van der Waals surface area contributed by atoms with Gasteiger partial charge in [-0.1, -0.05) is 74.5 Å². The van der Waals surface area contributed by atoms with Gasteiger partial charge < -0.3 is 9.84 Å². The fraction of sp³-hybridized carbons (Fsp3) is 0.409. The molecular weight excluding hydrogens is 340 g/mol. The van der Waals surface area contributed by atoms with Gasteiger partial charge in [0.05, 0.1) is 6.10 Å². The van der Waals surface area contributed by atoms with E-state index in [1.165, 1.54) is 0 Å². The molecule has 0 spiro atoms. The first-order valence-corrected chi connectivity index (χ1v) is 9.47. The Bertz CT molecular complexity index is 662. The molecule has 0 radical (unpaired) electrons. The molecule has 0 bridgehead atoms. The van der Waals surface area contributed by atoms with E-state index in [1.54, 1.807) is 0 Å². The highest BCUT2D eigenvalue weighted by Crippen LogP contribution is 2.07. The molecule has 2 aromatic carbocycles. The second kappa shape index (κ2) is 11.4. The van der Waals surface area contributed by atoms with E-state index in [1.807, 2.05) is 65.7 Å². The van der Waals surface area contributed by atoms with Crippen LogP contribution in [0.5, 0.6) is 0 Å². The standard InChI is InChI=1S/C22H30N2O3/c1-18(2)16-24(14-13-21(25)15-19-9-5-3-6-10-19)23-22(26)27-17-20-11-7-4-8-12-20/h3-12,18,21,25H,13-17H2,1-2H3,(H,23,26)/t21-/m1/s1. The van der Waals surface area contributed by atoms with Crippen LogP contribution in [0.25, 0.3) is 0 Å². The molecule has 0 heterocycles. The molecular formula is C22H30N2O3. The number of benzene rings is 2. The van der Waals surface area contributed by atoms with Crippen LogP contribution < -0.4 is 5.43 Å². The van der Waals surface area contributed by atoms with Gasteiger partial charge in [-0.15, -0.1) is 0 Å². The topological polar surface area (TPSA) is 61.8 Å². The fourth-order valence-electron chi connectivity index (χ4n) is 2.81. The molecule has 0 aromatic heterocycles. The number of hydrogen-bond donors (Lipinski definition) is 2. The first kappa shape index (κ1) is 20.9. The molecule has 27 heavy (non-hydrogen) atoms. The third-order valence-corrected chi connectivity index (χ3v) is 4.09. The number of nitrogens with one attached hydrogen (secondary N) is 1. The van der Waals surface area contributed by atoms with Crippen LogP contribution >= 0.6 is 0 Å². The molecule has 0 saturated carbocycles. The van der Waals surface area contributed by atoms with Crippen molar-refractivity contribution >= 4 is 6.09 Å². The maximum atomic E-state index is 12.1. The van der Waals surface area contributed by atoms with Crippen LogP contribution in [0.4, 0.5) is 4.79 Å². The van der Waals surface area contributed by atoms with Crippen molar-refractivity contribution in [1.82, 2.24) is 10.4 Å². The van der Waals surface area contributed by atoms with Crippen molar-refractivity contribution in [3.05, 3.63) is 71.8 Å². The van der Waals surface area contributed by atoms with Gasteiger partial charge in [-0.3, -0.25) is 5.43 Å². The Morgan fingerprint density at radius 3 is 2.22 bits per heavy atom. The quantitative estimate of drug-likeness (QED) is 0.625. The van der Waals surface area contributed by atoms with Gasteiger partial charge in [0, 0.05) is 13.1 Å². The van der Waals surface area contributed by atoms with Gasteiger partial charge in [-0.2, -0.15) is 0 Å². The average molecular weight is 370 g/mol. The number of rotatable bonds is 10. The van der Waals surface area contributed by atoms with E-state index >= 15 is 0 Å². The van der Waals surface area contributed by atoms with Gasteiger partial charge in [0.2, 0.25) is 0 Å². The molecule has 5 heteroatoms. The summed E-state index contributed by atoms with van der Waals surface area (Å²) in [5.74, 6) is 0.380. The zero-order chi connectivity index (χ0) is 19.5. The van der Waals surface area contributed by atoms with Crippen molar-refractivity contribution < 1.29 is 14.6 Å². The Hall–Kier alpha value is -2.37. The van der Waals surface area contributed by atoms with Crippen LogP contribution in [0.3, 0.4) is 0 Å². The fourth-order valence-corrected chi connectivity index (χ4v) is 2.81. The van der Waals surface area contributed by atoms with Crippen LogP contribution in [-0.4, -0.2) is 35.4 Å². The lowest BCUT2D eigenvalue weighted by Gasteiger charge is -2.25. The van der Waals surface area contributed by atoms with E-state index < -0.39 is 12.2 Å². The molecule has 2 aromatic rings. The third kappa shape index (κ3) is 8.71. The molecule has 0 aliphatic rings. The Balaban J connectivity index is 1.78. The zero-order valence-corrected chi connectivity index (χ0v) is 16.2. The van der Waals surface area contributed by atoms with Gasteiger partial charge in [0.1, 0.15) is 6.61 Å². The molecule has 2 N–H and O–H groups in total. The van der Waals surface area contributed by atoms with Crippen molar-refractivity contribution in [2.75, 3.05) is 13.1 Å². The summed E-state index contributed by atoms with van der Waals surface area (Å²) < 4.78 is 5.29. The summed E-state index contributed by atoms with van der Waals surface area (Å²) in [4.78, 5) is 12.1. The number of hydrogen-bond acceptors (Lipinski definition) is 4. The van der Waals surface area contributed by atoms with Crippen molar-refractivity contribution in [2.24, 2.45) is 5.92 Å². The number of carbonyl (C=O) groups excluding carboxylic acids is 1. The number of amides is 1. The highest BCUT2D eigenvalue weighted by molar-refractivity contribution is 5.66. The molecule has 0 saturated heterocycles. The number of ether oxygens (including phenoxy) is 1. The van der Waals surface area contributed by atoms with E-state index in [2.05, 4.69) is 19.3 Å². The van der Waals surface area contributed by atoms with E-state index in [0.29, 0.717) is 31.8 Å². The number of carbonyl (C=O) groups is 1. The largest absolute Gasteiger partial charge is 0.444 e. The second-order valence-electron chi connectivity index (χ2n) is 7.15. The minimum atomic E-state index is -0.475. The summed E-state index contributed by atoms with van der Waals surface area (Å²) in [6.07, 6.45) is 0.247. The zero-order valence-electron chi connectivity index (χ0n) is 16.2. The van der Waals surface area contributed by atoms with Gasteiger partial charge in [0.15, 0.2) is 0 Å². The molecule has 146 valence electrons. The van der Waals surface area contributed by atoms with Crippen LogP contribution in [0.1, 0.15) is 31.4 Å². The lowest BCUT2D eigenvalue weighted by atomic mass is 10.1. The Labute approximate surface area is 161 Å².